The third-order valence-electron chi connectivity index (χ3n) is 4.74. The van der Waals surface area contributed by atoms with E-state index in [4.69, 9.17) is 14.2 Å². The number of hydrogen-bond acceptors (Lipinski definition) is 5. The number of carbonyl (C=O) groups excluding carboxylic acids is 2. The van der Waals surface area contributed by atoms with Crippen LogP contribution in [0.25, 0.3) is 0 Å². The highest BCUT2D eigenvalue weighted by Crippen LogP contribution is 2.23. The summed E-state index contributed by atoms with van der Waals surface area (Å²) in [5.74, 6) is 0.680. The maximum Gasteiger partial charge on any atom is 0.325 e. The third kappa shape index (κ3) is 6.82. The minimum atomic E-state index is -0.458. The smallest absolute Gasteiger partial charge is 0.325 e. The number of esters is 1. The summed E-state index contributed by atoms with van der Waals surface area (Å²) in [5.41, 5.74) is 3.17. The molecular weight excluding hydrogens is 370 g/mol. The van der Waals surface area contributed by atoms with Gasteiger partial charge in [0.1, 0.15) is 18.0 Å². The van der Waals surface area contributed by atoms with Crippen molar-refractivity contribution in [2.45, 2.75) is 32.7 Å². The molecule has 0 unspecified atom stereocenters. The van der Waals surface area contributed by atoms with E-state index in [0.29, 0.717) is 24.3 Å². The summed E-state index contributed by atoms with van der Waals surface area (Å²) in [6.45, 7) is 2.26. The van der Waals surface area contributed by atoms with Gasteiger partial charge in [-0.3, -0.25) is 9.59 Å². The Morgan fingerprint density at radius 2 is 1.45 bits per heavy atom. The van der Waals surface area contributed by atoms with Crippen molar-refractivity contribution in [2.24, 2.45) is 0 Å². The van der Waals surface area contributed by atoms with Crippen molar-refractivity contribution in [2.75, 3.05) is 27.9 Å². The van der Waals surface area contributed by atoms with Crippen LogP contribution in [-0.2, 0) is 33.7 Å². The summed E-state index contributed by atoms with van der Waals surface area (Å²) in [7, 11) is 4.45. The van der Waals surface area contributed by atoms with E-state index in [0.717, 1.165) is 17.5 Å². The van der Waals surface area contributed by atoms with Gasteiger partial charge in [0.05, 0.1) is 21.3 Å². The summed E-state index contributed by atoms with van der Waals surface area (Å²) in [5, 5.41) is 0. The van der Waals surface area contributed by atoms with Crippen LogP contribution in [0.3, 0.4) is 0 Å². The van der Waals surface area contributed by atoms with Gasteiger partial charge in [-0.1, -0.05) is 31.2 Å². The van der Waals surface area contributed by atoms with E-state index in [9.17, 15) is 9.59 Å². The van der Waals surface area contributed by atoms with Crippen LogP contribution in [0.5, 0.6) is 11.5 Å². The lowest BCUT2D eigenvalue weighted by atomic mass is 10.1. The average molecular weight is 399 g/mol. The highest BCUT2D eigenvalue weighted by atomic mass is 16.5. The van der Waals surface area contributed by atoms with Gasteiger partial charge in [0.15, 0.2) is 0 Å². The van der Waals surface area contributed by atoms with E-state index >= 15 is 0 Å². The topological polar surface area (TPSA) is 65.1 Å². The Kier molecular flexibility index (Phi) is 8.52. The van der Waals surface area contributed by atoms with Gasteiger partial charge in [-0.25, -0.2) is 0 Å². The molecule has 0 saturated heterocycles. The Morgan fingerprint density at radius 1 is 0.862 bits per heavy atom. The van der Waals surface area contributed by atoms with Crippen molar-refractivity contribution in [3.63, 3.8) is 0 Å². The van der Waals surface area contributed by atoms with E-state index < -0.39 is 5.97 Å². The molecule has 0 spiro atoms. The lowest BCUT2D eigenvalue weighted by molar-refractivity contribution is -0.147. The molecule has 0 aliphatic carbocycles. The Labute approximate surface area is 172 Å². The van der Waals surface area contributed by atoms with Crippen molar-refractivity contribution in [1.82, 2.24) is 4.90 Å². The number of nitrogens with zero attached hydrogens (tertiary/aromatic N) is 1. The van der Waals surface area contributed by atoms with Crippen molar-refractivity contribution in [3.8, 4) is 11.5 Å². The Balaban J connectivity index is 2.11. The fraction of sp³-hybridized carbons (Fsp3) is 0.391. The lowest BCUT2D eigenvalue weighted by Gasteiger charge is -2.22. The molecule has 156 valence electrons. The minimum Gasteiger partial charge on any atom is -0.497 e. The van der Waals surface area contributed by atoms with Gasteiger partial charge in [-0.05, 0) is 41.7 Å². The number of benzene rings is 2. The van der Waals surface area contributed by atoms with E-state index in [2.05, 4.69) is 19.1 Å². The van der Waals surface area contributed by atoms with E-state index in [1.807, 2.05) is 24.3 Å². The van der Waals surface area contributed by atoms with Crippen molar-refractivity contribution < 1.29 is 23.8 Å². The van der Waals surface area contributed by atoms with Crippen LogP contribution in [0.2, 0.25) is 0 Å². The zero-order chi connectivity index (χ0) is 21.2. The van der Waals surface area contributed by atoms with Crippen LogP contribution in [0, 0.1) is 0 Å². The molecule has 0 N–H and O–H groups in total. The number of hydrogen-bond donors (Lipinski definition) is 0. The standard InChI is InChI=1S/C23H29NO5/c1-5-17-6-8-18(9-7-17)10-11-22(25)24(16-23(26)29-4)15-19-12-20(27-2)14-21(13-19)28-3/h6-9,12-14H,5,10-11,15-16H2,1-4H3. The van der Waals surface area contributed by atoms with E-state index in [1.54, 1.807) is 20.3 Å². The summed E-state index contributed by atoms with van der Waals surface area (Å²) in [6.07, 6.45) is 1.90. The number of carbonyl (C=O) groups is 2. The van der Waals surface area contributed by atoms with Crippen LogP contribution in [-0.4, -0.2) is 44.7 Å². The second kappa shape index (κ2) is 11.1. The normalized spacial score (nSPS) is 10.3. The number of ether oxygens (including phenoxy) is 3. The van der Waals surface area contributed by atoms with Crippen LogP contribution >= 0.6 is 0 Å². The van der Waals surface area contributed by atoms with Crippen molar-refractivity contribution in [3.05, 3.63) is 59.2 Å². The maximum absolute atomic E-state index is 12.9. The summed E-state index contributed by atoms with van der Waals surface area (Å²) < 4.78 is 15.3. The molecule has 0 aliphatic rings. The average Bonchev–Trinajstić information content (AvgIpc) is 2.76. The summed E-state index contributed by atoms with van der Waals surface area (Å²) in [4.78, 5) is 26.2. The molecule has 2 rings (SSSR count). The Hall–Kier alpha value is -3.02. The summed E-state index contributed by atoms with van der Waals surface area (Å²) >= 11 is 0. The number of rotatable bonds is 10. The van der Waals surface area contributed by atoms with Gasteiger partial charge in [-0.2, -0.15) is 0 Å². The van der Waals surface area contributed by atoms with Gasteiger partial charge in [-0.15, -0.1) is 0 Å². The van der Waals surface area contributed by atoms with Crippen molar-refractivity contribution >= 4 is 11.9 Å². The fourth-order valence-electron chi connectivity index (χ4n) is 2.98. The Bertz CT molecular complexity index is 794. The van der Waals surface area contributed by atoms with Gasteiger partial charge in [0.25, 0.3) is 0 Å². The first-order chi connectivity index (χ1) is 14.0. The van der Waals surface area contributed by atoms with Crippen LogP contribution < -0.4 is 9.47 Å². The van der Waals surface area contributed by atoms with Gasteiger partial charge >= 0.3 is 5.97 Å². The monoisotopic (exact) mass is 399 g/mol. The number of aryl methyl sites for hydroxylation is 2. The molecule has 6 nitrogen and oxygen atoms in total. The van der Waals surface area contributed by atoms with Crippen molar-refractivity contribution in [1.29, 1.82) is 0 Å². The summed E-state index contributed by atoms with van der Waals surface area (Å²) in [6, 6.07) is 13.7. The molecule has 0 radical (unpaired) electrons. The van der Waals surface area contributed by atoms with Gasteiger partial charge in [0.2, 0.25) is 5.91 Å². The van der Waals surface area contributed by atoms with E-state index in [-0.39, 0.29) is 19.0 Å². The quantitative estimate of drug-likeness (QED) is 0.573. The van der Waals surface area contributed by atoms with Gasteiger partial charge < -0.3 is 19.1 Å². The molecule has 29 heavy (non-hydrogen) atoms. The minimum absolute atomic E-state index is 0.108. The molecule has 0 saturated carbocycles. The van der Waals surface area contributed by atoms with Crippen LogP contribution in [0.4, 0.5) is 0 Å². The predicted octanol–water partition coefficient (Wildman–Crippen LogP) is 3.40. The SMILES string of the molecule is CCc1ccc(CCC(=O)N(CC(=O)OC)Cc2cc(OC)cc(OC)c2)cc1. The second-order valence-corrected chi connectivity index (χ2v) is 6.72. The lowest BCUT2D eigenvalue weighted by Crippen LogP contribution is -2.35. The largest absolute Gasteiger partial charge is 0.497 e. The number of methoxy groups -OCH3 is 3. The highest BCUT2D eigenvalue weighted by Gasteiger charge is 2.19. The molecule has 0 atom stereocenters. The molecule has 1 amide bonds. The zero-order valence-corrected chi connectivity index (χ0v) is 17.6. The first-order valence-electron chi connectivity index (χ1n) is 9.63. The highest BCUT2D eigenvalue weighted by molar-refractivity contribution is 5.82. The predicted molar refractivity (Wildman–Crippen MR) is 111 cm³/mol. The fourth-order valence-corrected chi connectivity index (χ4v) is 2.98. The molecule has 0 fully saturated rings. The van der Waals surface area contributed by atoms with E-state index in [1.165, 1.54) is 17.6 Å². The number of amides is 1. The molecule has 0 heterocycles. The molecule has 0 aromatic heterocycles. The zero-order valence-electron chi connectivity index (χ0n) is 17.6. The molecule has 6 heteroatoms. The molecule has 0 bridgehead atoms. The van der Waals surface area contributed by atoms with Crippen LogP contribution in [0.15, 0.2) is 42.5 Å². The van der Waals surface area contributed by atoms with Gasteiger partial charge in [0, 0.05) is 19.0 Å². The molecule has 0 aliphatic heterocycles. The molecular formula is C23H29NO5. The third-order valence-corrected chi connectivity index (χ3v) is 4.74. The Morgan fingerprint density at radius 3 is 1.97 bits per heavy atom. The first kappa shape index (κ1) is 22.3. The molecule has 2 aromatic carbocycles. The first-order valence-corrected chi connectivity index (χ1v) is 9.63. The second-order valence-electron chi connectivity index (χ2n) is 6.72. The van der Waals surface area contributed by atoms with Crippen LogP contribution in [0.1, 0.15) is 30.0 Å². The maximum atomic E-state index is 12.9. The molecule has 2 aromatic rings.